The fraction of sp³-hybridized carbons (Fsp3) is 0.632. The van der Waals surface area contributed by atoms with Gasteiger partial charge in [0.05, 0.1) is 31.3 Å². The lowest BCUT2D eigenvalue weighted by atomic mass is 9.87. The maximum absolute atomic E-state index is 12.7. The van der Waals surface area contributed by atoms with Crippen molar-refractivity contribution in [2.75, 3.05) is 32.9 Å². The molecular weight excluding hydrogens is 304 g/mol. The largest absolute Gasteiger partial charge is 0.396 e. The molecule has 24 heavy (non-hydrogen) atoms. The summed E-state index contributed by atoms with van der Waals surface area (Å²) in [5.41, 5.74) is 2.24. The van der Waals surface area contributed by atoms with Crippen LogP contribution in [0.5, 0.6) is 0 Å². The number of piperidine rings is 1. The van der Waals surface area contributed by atoms with Crippen LogP contribution in [0.1, 0.15) is 30.4 Å². The molecule has 2 fully saturated rings. The topological polar surface area (TPSA) is 61.8 Å². The number of nitrogens with zero attached hydrogens (tertiary/aromatic N) is 1. The van der Waals surface area contributed by atoms with E-state index in [1.807, 2.05) is 0 Å². The third-order valence-electron chi connectivity index (χ3n) is 5.17. The number of ether oxygens (including phenoxy) is 1. The van der Waals surface area contributed by atoms with Gasteiger partial charge in [0.25, 0.3) is 0 Å². The molecule has 3 rings (SSSR count). The van der Waals surface area contributed by atoms with E-state index in [4.69, 9.17) is 4.74 Å². The maximum Gasteiger partial charge on any atom is 0.237 e. The van der Waals surface area contributed by atoms with Crippen LogP contribution in [-0.2, 0) is 16.1 Å². The van der Waals surface area contributed by atoms with Crippen LogP contribution in [0.15, 0.2) is 24.3 Å². The Morgan fingerprint density at radius 3 is 2.92 bits per heavy atom. The molecule has 0 aliphatic carbocycles. The molecule has 2 aliphatic rings. The molecule has 2 N–H and O–H groups in total. The van der Waals surface area contributed by atoms with Crippen LogP contribution in [0.2, 0.25) is 0 Å². The van der Waals surface area contributed by atoms with Gasteiger partial charge in [-0.15, -0.1) is 0 Å². The average molecular weight is 332 g/mol. The van der Waals surface area contributed by atoms with Crippen molar-refractivity contribution in [2.45, 2.75) is 38.8 Å². The normalized spacial score (nSPS) is 23.5. The number of aryl methyl sites for hydroxylation is 1. The van der Waals surface area contributed by atoms with Crippen LogP contribution in [0.3, 0.4) is 0 Å². The van der Waals surface area contributed by atoms with Gasteiger partial charge in [-0.1, -0.05) is 36.2 Å². The Labute approximate surface area is 144 Å². The molecule has 0 saturated carbocycles. The summed E-state index contributed by atoms with van der Waals surface area (Å²) in [6.45, 7) is 5.48. The molecule has 5 nitrogen and oxygen atoms in total. The van der Waals surface area contributed by atoms with Gasteiger partial charge in [0, 0.05) is 13.1 Å². The minimum Gasteiger partial charge on any atom is -0.396 e. The lowest BCUT2D eigenvalue weighted by Gasteiger charge is -2.41. The molecule has 1 amide bonds. The number of amides is 1. The molecule has 0 aromatic heterocycles. The van der Waals surface area contributed by atoms with Crippen LogP contribution in [0.25, 0.3) is 0 Å². The molecule has 2 saturated heterocycles. The summed E-state index contributed by atoms with van der Waals surface area (Å²) in [4.78, 5) is 15.0. The van der Waals surface area contributed by atoms with E-state index < -0.39 is 0 Å². The van der Waals surface area contributed by atoms with Crippen molar-refractivity contribution in [3.8, 4) is 0 Å². The minimum atomic E-state index is -0.272. The van der Waals surface area contributed by atoms with Crippen LogP contribution >= 0.6 is 0 Å². The quantitative estimate of drug-likeness (QED) is 0.828. The van der Waals surface area contributed by atoms with E-state index in [1.54, 1.807) is 0 Å². The first kappa shape index (κ1) is 17.4. The Balaban J connectivity index is 1.60. The van der Waals surface area contributed by atoms with Crippen LogP contribution in [0.4, 0.5) is 0 Å². The first-order valence-corrected chi connectivity index (χ1v) is 8.88. The third-order valence-corrected chi connectivity index (χ3v) is 5.17. The zero-order chi connectivity index (χ0) is 17.0. The Bertz CT molecular complexity index is 566. The van der Waals surface area contributed by atoms with Gasteiger partial charge >= 0.3 is 0 Å². The number of likely N-dealkylation sites (tertiary alicyclic amines) is 1. The van der Waals surface area contributed by atoms with Crippen molar-refractivity contribution >= 4 is 5.91 Å². The number of carbonyl (C=O) groups excluding carboxylic acids is 1. The van der Waals surface area contributed by atoms with Gasteiger partial charge in [-0.2, -0.15) is 0 Å². The Hall–Kier alpha value is -1.43. The van der Waals surface area contributed by atoms with Crippen molar-refractivity contribution in [3.63, 3.8) is 0 Å². The summed E-state index contributed by atoms with van der Waals surface area (Å²) in [5, 5.41) is 12.5. The second-order valence-corrected chi connectivity index (χ2v) is 7.34. The third kappa shape index (κ3) is 3.97. The first-order chi connectivity index (χ1) is 11.6. The van der Waals surface area contributed by atoms with E-state index in [2.05, 4.69) is 41.4 Å². The van der Waals surface area contributed by atoms with E-state index in [0.29, 0.717) is 19.8 Å². The molecule has 0 bridgehead atoms. The summed E-state index contributed by atoms with van der Waals surface area (Å²) in [5.74, 6) is 0.0853. The van der Waals surface area contributed by atoms with Crippen LogP contribution < -0.4 is 5.32 Å². The summed E-state index contributed by atoms with van der Waals surface area (Å²) < 4.78 is 5.20. The molecule has 1 aromatic carbocycles. The van der Waals surface area contributed by atoms with Gasteiger partial charge in [-0.25, -0.2) is 0 Å². The number of aliphatic hydroxyl groups excluding tert-OH is 1. The number of hydrogen-bond acceptors (Lipinski definition) is 4. The summed E-state index contributed by atoms with van der Waals surface area (Å²) in [7, 11) is 0. The van der Waals surface area contributed by atoms with Gasteiger partial charge in [-0.05, 0) is 31.9 Å². The molecule has 2 aliphatic heterocycles. The summed E-state index contributed by atoms with van der Waals surface area (Å²) in [6.07, 6.45) is 3.14. The summed E-state index contributed by atoms with van der Waals surface area (Å²) in [6, 6.07) is 8.42. The lowest BCUT2D eigenvalue weighted by molar-refractivity contribution is -0.143. The highest BCUT2D eigenvalue weighted by Gasteiger charge is 2.39. The van der Waals surface area contributed by atoms with Crippen molar-refractivity contribution in [2.24, 2.45) is 5.41 Å². The van der Waals surface area contributed by atoms with Crippen molar-refractivity contribution < 1.29 is 14.6 Å². The molecule has 1 atom stereocenters. The number of rotatable bonds is 6. The standard InChI is InChI=1S/C19H28N2O3/c1-15-5-4-6-16(9-15)10-21-8-3-2-7-17(21)18(23)20-11-19(12-22)13-24-14-19/h4-6,9,17,22H,2-3,7-8,10-14H2,1H3,(H,20,23). The monoisotopic (exact) mass is 332 g/mol. The van der Waals surface area contributed by atoms with E-state index in [9.17, 15) is 9.90 Å². The maximum atomic E-state index is 12.7. The van der Waals surface area contributed by atoms with E-state index in [1.165, 1.54) is 11.1 Å². The molecule has 132 valence electrons. The van der Waals surface area contributed by atoms with E-state index in [0.717, 1.165) is 32.4 Å². The Morgan fingerprint density at radius 2 is 2.25 bits per heavy atom. The smallest absolute Gasteiger partial charge is 0.237 e. The van der Waals surface area contributed by atoms with Crippen molar-refractivity contribution in [1.82, 2.24) is 10.2 Å². The van der Waals surface area contributed by atoms with Crippen LogP contribution in [-0.4, -0.2) is 54.9 Å². The highest BCUT2D eigenvalue weighted by atomic mass is 16.5. The number of carbonyl (C=O) groups is 1. The first-order valence-electron chi connectivity index (χ1n) is 8.88. The van der Waals surface area contributed by atoms with Crippen molar-refractivity contribution in [3.05, 3.63) is 35.4 Å². The highest BCUT2D eigenvalue weighted by molar-refractivity contribution is 5.81. The second kappa shape index (κ2) is 7.64. The zero-order valence-electron chi connectivity index (χ0n) is 14.5. The highest BCUT2D eigenvalue weighted by Crippen LogP contribution is 2.26. The molecule has 1 aromatic rings. The zero-order valence-corrected chi connectivity index (χ0v) is 14.5. The SMILES string of the molecule is Cc1cccc(CN2CCCCC2C(=O)NCC2(CO)COC2)c1. The number of aliphatic hydroxyl groups is 1. The van der Waals surface area contributed by atoms with Gasteiger partial charge < -0.3 is 15.2 Å². The number of hydrogen-bond donors (Lipinski definition) is 2. The van der Waals surface area contributed by atoms with Gasteiger partial charge in [0.1, 0.15) is 0 Å². The molecule has 0 radical (unpaired) electrons. The summed E-state index contributed by atoms with van der Waals surface area (Å²) >= 11 is 0. The van der Waals surface area contributed by atoms with Crippen LogP contribution in [0, 0.1) is 12.3 Å². The lowest BCUT2D eigenvalue weighted by Crippen LogP contribution is -2.56. The minimum absolute atomic E-state index is 0.0605. The number of nitrogens with one attached hydrogen (secondary N) is 1. The predicted octanol–water partition coefficient (Wildman–Crippen LogP) is 1.47. The molecular formula is C19H28N2O3. The van der Waals surface area contributed by atoms with E-state index >= 15 is 0 Å². The molecule has 1 unspecified atom stereocenters. The Kier molecular flexibility index (Phi) is 5.54. The number of benzene rings is 1. The molecule has 5 heteroatoms. The Morgan fingerprint density at radius 1 is 1.42 bits per heavy atom. The van der Waals surface area contributed by atoms with E-state index in [-0.39, 0.29) is 24.0 Å². The fourth-order valence-corrected chi connectivity index (χ4v) is 3.55. The second-order valence-electron chi connectivity index (χ2n) is 7.34. The van der Waals surface area contributed by atoms with Crippen molar-refractivity contribution in [1.29, 1.82) is 0 Å². The average Bonchev–Trinajstić information content (AvgIpc) is 2.54. The van der Waals surface area contributed by atoms with Gasteiger partial charge in [0.2, 0.25) is 5.91 Å². The van der Waals surface area contributed by atoms with Gasteiger partial charge in [0.15, 0.2) is 0 Å². The molecule has 2 heterocycles. The predicted molar refractivity (Wildman–Crippen MR) is 92.6 cm³/mol. The fourth-order valence-electron chi connectivity index (χ4n) is 3.55. The molecule has 0 spiro atoms. The van der Waals surface area contributed by atoms with Gasteiger partial charge in [-0.3, -0.25) is 9.69 Å².